The minimum atomic E-state index is -0.400. The first kappa shape index (κ1) is 15.9. The van der Waals surface area contributed by atoms with Crippen molar-refractivity contribution in [2.75, 3.05) is 12.3 Å². The van der Waals surface area contributed by atoms with Gasteiger partial charge in [0.15, 0.2) is 11.4 Å². The topological polar surface area (TPSA) is 64.6 Å². The van der Waals surface area contributed by atoms with E-state index in [4.69, 9.17) is 4.42 Å². The Labute approximate surface area is 148 Å². The number of nitrogens with zero attached hydrogens (tertiary/aromatic N) is 2. The molecule has 0 amide bonds. The summed E-state index contributed by atoms with van der Waals surface area (Å²) in [6.07, 6.45) is 0.726. The molecule has 0 atom stereocenters. The van der Waals surface area contributed by atoms with Crippen LogP contribution in [0.4, 0.5) is 0 Å². The molecule has 1 aliphatic rings. The highest BCUT2D eigenvalue weighted by molar-refractivity contribution is 8.14. The maximum absolute atomic E-state index is 12.5. The van der Waals surface area contributed by atoms with E-state index in [-0.39, 0.29) is 5.78 Å². The fraction of sp³-hybridized carbons (Fsp3) is 0.211. The number of benzene rings is 2. The second kappa shape index (κ2) is 6.72. The molecule has 0 radical (unpaired) electrons. The van der Waals surface area contributed by atoms with Crippen LogP contribution in [-0.2, 0) is 6.54 Å². The lowest BCUT2D eigenvalue weighted by Gasteiger charge is -2.03. The lowest BCUT2D eigenvalue weighted by molar-refractivity contribution is 0.103. The second-order valence-corrected chi connectivity index (χ2v) is 6.94. The Bertz CT molecular complexity index is 1020. The molecule has 25 heavy (non-hydrogen) atoms. The van der Waals surface area contributed by atoms with E-state index in [9.17, 15) is 9.59 Å². The van der Waals surface area contributed by atoms with Gasteiger partial charge in [-0.25, -0.2) is 4.79 Å². The number of carbonyl (C=O) groups excluding carboxylic acids is 1. The predicted octanol–water partition coefficient (Wildman–Crippen LogP) is 3.36. The van der Waals surface area contributed by atoms with Gasteiger partial charge in [0.05, 0.1) is 10.6 Å². The van der Waals surface area contributed by atoms with Crippen LogP contribution in [0.3, 0.4) is 0 Å². The van der Waals surface area contributed by atoms with E-state index in [0.717, 1.165) is 23.8 Å². The normalized spacial score (nSPS) is 14.0. The van der Waals surface area contributed by atoms with Gasteiger partial charge in [-0.3, -0.25) is 14.4 Å². The zero-order valence-electron chi connectivity index (χ0n) is 13.5. The number of thioether (sulfide) groups is 1. The van der Waals surface area contributed by atoms with Gasteiger partial charge in [-0.2, -0.15) is 0 Å². The number of hydrogen-bond donors (Lipinski definition) is 0. The molecule has 0 aliphatic carbocycles. The fourth-order valence-electron chi connectivity index (χ4n) is 2.91. The number of aryl methyl sites for hydroxylation is 1. The van der Waals surface area contributed by atoms with Gasteiger partial charge in [-0.15, -0.1) is 11.8 Å². The number of hydrogen-bond acceptors (Lipinski definition) is 5. The Hall–Kier alpha value is -2.60. The maximum Gasteiger partial charge on any atom is 0.419 e. The number of aromatic nitrogens is 1. The van der Waals surface area contributed by atoms with Crippen LogP contribution in [0.15, 0.2) is 62.7 Å². The van der Waals surface area contributed by atoms with Crippen molar-refractivity contribution in [3.8, 4) is 0 Å². The van der Waals surface area contributed by atoms with Crippen LogP contribution in [0.1, 0.15) is 22.3 Å². The lowest BCUT2D eigenvalue weighted by Crippen LogP contribution is -2.15. The number of aliphatic imine (C=N–C) groups is 1. The van der Waals surface area contributed by atoms with E-state index in [2.05, 4.69) is 4.99 Å². The average molecular weight is 352 g/mol. The van der Waals surface area contributed by atoms with E-state index in [1.54, 1.807) is 46.7 Å². The third-order valence-corrected chi connectivity index (χ3v) is 5.22. The summed E-state index contributed by atoms with van der Waals surface area (Å²) in [4.78, 5) is 29.1. The number of ketones is 1. The summed E-state index contributed by atoms with van der Waals surface area (Å²) in [7, 11) is 0. The van der Waals surface area contributed by atoms with E-state index < -0.39 is 5.76 Å². The van der Waals surface area contributed by atoms with Gasteiger partial charge in [0.2, 0.25) is 0 Å². The molecule has 0 bridgehead atoms. The zero-order valence-corrected chi connectivity index (χ0v) is 14.3. The third kappa shape index (κ3) is 3.17. The average Bonchev–Trinajstić information content (AvgIpc) is 3.26. The molecule has 1 aromatic heterocycles. The summed E-state index contributed by atoms with van der Waals surface area (Å²) in [5, 5.41) is 1.08. The van der Waals surface area contributed by atoms with E-state index in [1.165, 1.54) is 0 Å². The Morgan fingerprint density at radius 3 is 2.76 bits per heavy atom. The summed E-state index contributed by atoms with van der Waals surface area (Å²) in [6, 6.07) is 14.2. The van der Waals surface area contributed by atoms with Gasteiger partial charge in [0.1, 0.15) is 0 Å². The largest absolute Gasteiger partial charge is 0.419 e. The van der Waals surface area contributed by atoms with Crippen molar-refractivity contribution in [3.05, 3.63) is 70.2 Å². The quantitative estimate of drug-likeness (QED) is 0.661. The smallest absolute Gasteiger partial charge is 0.408 e. The molecule has 4 rings (SSSR count). The summed E-state index contributed by atoms with van der Waals surface area (Å²) < 4.78 is 6.95. The van der Waals surface area contributed by atoms with Crippen molar-refractivity contribution in [2.24, 2.45) is 4.99 Å². The van der Waals surface area contributed by atoms with Crippen molar-refractivity contribution in [1.82, 2.24) is 4.57 Å². The monoisotopic (exact) mass is 352 g/mol. The molecule has 0 N–H and O–H groups in total. The minimum Gasteiger partial charge on any atom is -0.408 e. The molecule has 0 saturated heterocycles. The second-order valence-electron chi connectivity index (χ2n) is 5.77. The Kier molecular flexibility index (Phi) is 4.28. The third-order valence-electron chi connectivity index (χ3n) is 4.16. The van der Waals surface area contributed by atoms with Crippen molar-refractivity contribution in [2.45, 2.75) is 13.0 Å². The molecular formula is C19H16N2O3S. The fourth-order valence-corrected chi connectivity index (χ4v) is 3.75. The van der Waals surface area contributed by atoms with E-state index in [0.29, 0.717) is 28.8 Å². The summed E-state index contributed by atoms with van der Waals surface area (Å²) >= 11 is 1.74. The van der Waals surface area contributed by atoms with Crippen LogP contribution >= 0.6 is 11.8 Å². The first-order valence-corrected chi connectivity index (χ1v) is 9.10. The van der Waals surface area contributed by atoms with Gasteiger partial charge in [-0.1, -0.05) is 30.3 Å². The van der Waals surface area contributed by atoms with Crippen LogP contribution in [0.5, 0.6) is 0 Å². The first-order chi connectivity index (χ1) is 12.2. The molecule has 1 aliphatic heterocycles. The molecule has 2 heterocycles. The number of carbonyl (C=O) groups is 1. The highest BCUT2D eigenvalue weighted by Crippen LogP contribution is 2.20. The zero-order chi connectivity index (χ0) is 17.2. The molecule has 0 spiro atoms. The van der Waals surface area contributed by atoms with Crippen LogP contribution in [0, 0.1) is 0 Å². The van der Waals surface area contributed by atoms with Crippen LogP contribution in [-0.4, -0.2) is 27.7 Å². The number of rotatable bonds is 5. The van der Waals surface area contributed by atoms with Gasteiger partial charge in [0, 0.05) is 36.4 Å². The molecule has 0 saturated carbocycles. The van der Waals surface area contributed by atoms with Gasteiger partial charge < -0.3 is 4.42 Å². The summed E-state index contributed by atoms with van der Waals surface area (Å²) in [5.41, 5.74) is 2.27. The Balaban J connectivity index is 1.63. The van der Waals surface area contributed by atoms with Gasteiger partial charge in [0.25, 0.3) is 0 Å². The van der Waals surface area contributed by atoms with E-state index >= 15 is 0 Å². The van der Waals surface area contributed by atoms with Crippen LogP contribution in [0.25, 0.3) is 11.1 Å². The lowest BCUT2D eigenvalue weighted by atomic mass is 10.0. The number of fused-ring (bicyclic) bond motifs is 1. The first-order valence-electron chi connectivity index (χ1n) is 8.11. The molecule has 6 heteroatoms. The standard InChI is InChI=1S/C19H16N2O3S/c22-18(13-4-2-1-3-5-13)14-6-7-15-16(12-14)24-19(23)21(15)10-8-17-20-9-11-25-17/h1-7,12H,8-11H2. The molecule has 3 aromatic rings. The predicted molar refractivity (Wildman–Crippen MR) is 99.7 cm³/mol. The van der Waals surface area contributed by atoms with Gasteiger partial charge >= 0.3 is 5.76 Å². The Morgan fingerprint density at radius 1 is 1.16 bits per heavy atom. The highest BCUT2D eigenvalue weighted by atomic mass is 32.2. The van der Waals surface area contributed by atoms with Crippen molar-refractivity contribution >= 4 is 33.7 Å². The molecule has 2 aromatic carbocycles. The SMILES string of the molecule is O=C(c1ccccc1)c1ccc2c(c1)oc(=O)n2CCC1=NCCS1. The van der Waals surface area contributed by atoms with Crippen LogP contribution < -0.4 is 5.76 Å². The maximum atomic E-state index is 12.5. The summed E-state index contributed by atoms with van der Waals surface area (Å²) in [5.74, 6) is 0.527. The Morgan fingerprint density at radius 2 is 2.00 bits per heavy atom. The van der Waals surface area contributed by atoms with Crippen LogP contribution in [0.2, 0.25) is 0 Å². The van der Waals surface area contributed by atoms with E-state index in [1.807, 2.05) is 18.2 Å². The van der Waals surface area contributed by atoms with Crippen molar-refractivity contribution in [3.63, 3.8) is 0 Å². The highest BCUT2D eigenvalue weighted by Gasteiger charge is 2.15. The minimum absolute atomic E-state index is 0.0883. The molecule has 0 unspecified atom stereocenters. The molecule has 126 valence electrons. The molecule has 0 fully saturated rings. The van der Waals surface area contributed by atoms with Gasteiger partial charge in [-0.05, 0) is 18.2 Å². The van der Waals surface area contributed by atoms with Crippen molar-refractivity contribution < 1.29 is 9.21 Å². The number of oxazole rings is 1. The molecular weight excluding hydrogens is 336 g/mol. The molecule has 5 nitrogen and oxygen atoms in total. The summed E-state index contributed by atoms with van der Waals surface area (Å²) in [6.45, 7) is 1.38. The van der Waals surface area contributed by atoms with Crippen molar-refractivity contribution in [1.29, 1.82) is 0 Å².